The third-order valence-electron chi connectivity index (χ3n) is 3.86. The summed E-state index contributed by atoms with van der Waals surface area (Å²) >= 11 is 7.82. The zero-order valence-electron chi connectivity index (χ0n) is 13.3. The molecule has 0 atom stereocenters. The number of rotatable bonds is 1. The molecule has 0 saturated heterocycles. The van der Waals surface area contributed by atoms with E-state index in [-0.39, 0.29) is 6.03 Å². The molecule has 0 fully saturated rings. The minimum absolute atomic E-state index is 0.148. The van der Waals surface area contributed by atoms with E-state index in [1.807, 2.05) is 45.0 Å². The highest BCUT2D eigenvalue weighted by Crippen LogP contribution is 2.36. The molecule has 0 saturated carbocycles. The van der Waals surface area contributed by atoms with Gasteiger partial charge in [0, 0.05) is 28.7 Å². The number of hydrogen-bond donors (Lipinski definition) is 1. The van der Waals surface area contributed by atoms with Crippen molar-refractivity contribution in [2.24, 2.45) is 0 Å². The van der Waals surface area contributed by atoms with Gasteiger partial charge in [0.25, 0.3) is 0 Å². The van der Waals surface area contributed by atoms with Crippen molar-refractivity contribution in [1.82, 2.24) is 4.98 Å². The minimum atomic E-state index is -0.148. The number of aryl methyl sites for hydroxylation is 2. The molecule has 2 aromatic rings. The number of carbonyl (C=O) groups excluding carboxylic acids is 1. The van der Waals surface area contributed by atoms with Gasteiger partial charge in [-0.3, -0.25) is 4.90 Å². The van der Waals surface area contributed by atoms with Crippen LogP contribution in [0, 0.1) is 20.8 Å². The van der Waals surface area contributed by atoms with Crippen molar-refractivity contribution in [3.8, 4) is 0 Å². The van der Waals surface area contributed by atoms with Crippen molar-refractivity contribution in [3.63, 3.8) is 0 Å². The number of pyridine rings is 1. The Balaban J connectivity index is 1.92. The summed E-state index contributed by atoms with van der Waals surface area (Å²) < 4.78 is 0. The van der Waals surface area contributed by atoms with Crippen LogP contribution in [-0.2, 0) is 0 Å². The Hall–Kier alpha value is -1.72. The molecule has 6 heteroatoms. The molecule has 4 nitrogen and oxygen atoms in total. The number of hydrogen-bond acceptors (Lipinski definition) is 3. The molecule has 0 spiro atoms. The third kappa shape index (κ3) is 3.16. The van der Waals surface area contributed by atoms with Crippen LogP contribution in [0.25, 0.3) is 0 Å². The highest BCUT2D eigenvalue weighted by molar-refractivity contribution is 7.99. The number of amides is 2. The number of thioether (sulfide) groups is 1. The Morgan fingerprint density at radius 1 is 1.35 bits per heavy atom. The molecule has 2 amide bonds. The fourth-order valence-electron chi connectivity index (χ4n) is 2.70. The van der Waals surface area contributed by atoms with Gasteiger partial charge in [-0.25, -0.2) is 9.78 Å². The molecule has 120 valence electrons. The minimum Gasteiger partial charge on any atom is -0.307 e. The Bertz CT molecular complexity index is 779. The van der Waals surface area contributed by atoms with E-state index in [1.54, 1.807) is 16.7 Å². The summed E-state index contributed by atoms with van der Waals surface area (Å²) in [6.45, 7) is 6.55. The molecule has 0 aliphatic carbocycles. The SMILES string of the molecule is Cc1cc(C)c2c(n1)SCCN2C(=O)Nc1cccc(Cl)c1C. The second kappa shape index (κ2) is 6.42. The average Bonchev–Trinajstić information content (AvgIpc) is 2.50. The van der Waals surface area contributed by atoms with Crippen LogP contribution in [0.2, 0.25) is 5.02 Å². The molecule has 1 aromatic carbocycles. The summed E-state index contributed by atoms with van der Waals surface area (Å²) in [5.41, 5.74) is 4.55. The Morgan fingerprint density at radius 2 is 2.13 bits per heavy atom. The maximum Gasteiger partial charge on any atom is 0.326 e. The Morgan fingerprint density at radius 3 is 2.91 bits per heavy atom. The molecule has 0 radical (unpaired) electrons. The fraction of sp³-hybridized carbons (Fsp3) is 0.294. The van der Waals surface area contributed by atoms with Crippen molar-refractivity contribution < 1.29 is 4.79 Å². The maximum absolute atomic E-state index is 12.8. The molecule has 1 N–H and O–H groups in total. The van der Waals surface area contributed by atoms with Gasteiger partial charge in [0.1, 0.15) is 5.03 Å². The number of nitrogens with one attached hydrogen (secondary N) is 1. The van der Waals surface area contributed by atoms with E-state index in [4.69, 9.17) is 11.6 Å². The molecule has 1 aliphatic rings. The van der Waals surface area contributed by atoms with E-state index in [1.165, 1.54) is 0 Å². The Labute approximate surface area is 145 Å². The van der Waals surface area contributed by atoms with Crippen molar-refractivity contribution in [2.75, 3.05) is 22.5 Å². The number of urea groups is 1. The summed E-state index contributed by atoms with van der Waals surface area (Å²) in [5.74, 6) is 0.838. The van der Waals surface area contributed by atoms with Crippen LogP contribution < -0.4 is 10.2 Å². The van der Waals surface area contributed by atoms with E-state index in [9.17, 15) is 4.79 Å². The van der Waals surface area contributed by atoms with Gasteiger partial charge in [0.05, 0.1) is 5.69 Å². The van der Waals surface area contributed by atoms with Crippen LogP contribution in [0.3, 0.4) is 0 Å². The van der Waals surface area contributed by atoms with Crippen molar-refractivity contribution in [1.29, 1.82) is 0 Å². The molecule has 0 unspecified atom stereocenters. The molecule has 1 aromatic heterocycles. The highest BCUT2D eigenvalue weighted by Gasteiger charge is 2.26. The van der Waals surface area contributed by atoms with Crippen molar-refractivity contribution >= 4 is 40.8 Å². The zero-order chi connectivity index (χ0) is 16.6. The number of halogens is 1. The second-order valence-electron chi connectivity index (χ2n) is 5.58. The lowest BCUT2D eigenvalue weighted by molar-refractivity contribution is 0.257. The summed E-state index contributed by atoms with van der Waals surface area (Å²) in [7, 11) is 0. The number of nitrogens with zero attached hydrogens (tertiary/aromatic N) is 2. The fourth-order valence-corrected chi connectivity index (χ4v) is 3.96. The van der Waals surface area contributed by atoms with Crippen LogP contribution in [0.4, 0.5) is 16.2 Å². The van der Waals surface area contributed by atoms with Gasteiger partial charge in [-0.2, -0.15) is 0 Å². The lowest BCUT2D eigenvalue weighted by Gasteiger charge is -2.30. The van der Waals surface area contributed by atoms with Crippen LogP contribution in [-0.4, -0.2) is 23.3 Å². The van der Waals surface area contributed by atoms with Crippen LogP contribution >= 0.6 is 23.4 Å². The summed E-state index contributed by atoms with van der Waals surface area (Å²) in [4.78, 5) is 19.1. The van der Waals surface area contributed by atoms with Gasteiger partial charge in [-0.15, -0.1) is 11.8 Å². The van der Waals surface area contributed by atoms with Crippen LogP contribution in [0.5, 0.6) is 0 Å². The first-order valence-corrected chi connectivity index (χ1v) is 8.78. The van der Waals surface area contributed by atoms with Gasteiger partial charge < -0.3 is 5.32 Å². The van der Waals surface area contributed by atoms with Gasteiger partial charge in [-0.05, 0) is 50.1 Å². The highest BCUT2D eigenvalue weighted by atomic mass is 35.5. The van der Waals surface area contributed by atoms with Gasteiger partial charge >= 0.3 is 6.03 Å². The van der Waals surface area contributed by atoms with Crippen LogP contribution in [0.1, 0.15) is 16.8 Å². The van der Waals surface area contributed by atoms with Crippen molar-refractivity contribution in [2.45, 2.75) is 25.8 Å². The van der Waals surface area contributed by atoms with E-state index in [0.717, 1.165) is 39.0 Å². The zero-order valence-corrected chi connectivity index (χ0v) is 14.9. The number of aromatic nitrogens is 1. The Kier molecular flexibility index (Phi) is 4.50. The normalized spacial score (nSPS) is 13.7. The first-order valence-electron chi connectivity index (χ1n) is 7.42. The molecule has 0 bridgehead atoms. The lowest BCUT2D eigenvalue weighted by atomic mass is 10.2. The standard InChI is InChI=1S/C17H18ClN3OS/c1-10-9-11(2)19-16-15(10)21(7-8-23-16)17(22)20-14-6-4-5-13(18)12(14)3/h4-6,9H,7-8H2,1-3H3,(H,20,22). The predicted molar refractivity (Wildman–Crippen MR) is 97.0 cm³/mol. The lowest BCUT2D eigenvalue weighted by Crippen LogP contribution is -2.39. The van der Waals surface area contributed by atoms with E-state index >= 15 is 0 Å². The largest absolute Gasteiger partial charge is 0.326 e. The first kappa shape index (κ1) is 16.1. The first-order chi connectivity index (χ1) is 11.0. The van der Waals surface area contributed by atoms with E-state index in [2.05, 4.69) is 10.3 Å². The third-order valence-corrected chi connectivity index (χ3v) is 5.21. The van der Waals surface area contributed by atoms with E-state index in [0.29, 0.717) is 11.6 Å². The molecular formula is C17H18ClN3OS. The second-order valence-corrected chi connectivity index (χ2v) is 7.07. The monoisotopic (exact) mass is 347 g/mol. The molecule has 23 heavy (non-hydrogen) atoms. The molecule has 2 heterocycles. The topological polar surface area (TPSA) is 45.2 Å². The van der Waals surface area contributed by atoms with Crippen LogP contribution in [0.15, 0.2) is 29.3 Å². The average molecular weight is 348 g/mol. The van der Waals surface area contributed by atoms with Crippen molar-refractivity contribution in [3.05, 3.63) is 46.1 Å². The molecule has 1 aliphatic heterocycles. The van der Waals surface area contributed by atoms with Gasteiger partial charge in [-0.1, -0.05) is 17.7 Å². The quantitative estimate of drug-likeness (QED) is 0.805. The molecule has 3 rings (SSSR count). The van der Waals surface area contributed by atoms with E-state index < -0.39 is 0 Å². The number of benzene rings is 1. The van der Waals surface area contributed by atoms with Gasteiger partial charge in [0.15, 0.2) is 0 Å². The molecular weight excluding hydrogens is 330 g/mol. The predicted octanol–water partition coefficient (Wildman–Crippen LogP) is 4.80. The number of anilines is 2. The summed E-state index contributed by atoms with van der Waals surface area (Å²) in [6.07, 6.45) is 0. The summed E-state index contributed by atoms with van der Waals surface area (Å²) in [5, 5.41) is 4.54. The smallest absolute Gasteiger partial charge is 0.307 e. The number of fused-ring (bicyclic) bond motifs is 1. The summed E-state index contributed by atoms with van der Waals surface area (Å²) in [6, 6.07) is 7.37. The van der Waals surface area contributed by atoms with Gasteiger partial charge in [0.2, 0.25) is 0 Å². The maximum atomic E-state index is 12.8. The number of carbonyl (C=O) groups is 1.